The molecule has 0 spiro atoms. The Kier molecular flexibility index (Phi) is 3.89. The number of carbonyl (C=O) groups is 1. The van der Waals surface area contributed by atoms with Gasteiger partial charge in [0.1, 0.15) is 0 Å². The van der Waals surface area contributed by atoms with Crippen LogP contribution in [0.15, 0.2) is 30.7 Å². The summed E-state index contributed by atoms with van der Waals surface area (Å²) in [6, 6.07) is 4.88. The van der Waals surface area contributed by atoms with Gasteiger partial charge in [0.15, 0.2) is 0 Å². The lowest BCUT2D eigenvalue weighted by molar-refractivity contribution is -0.119. The number of amides is 1. The molecule has 1 atom stereocenters. The molecular formula is C12H11Cl2N3O. The highest BCUT2D eigenvalue weighted by Crippen LogP contribution is 2.28. The highest BCUT2D eigenvalue weighted by atomic mass is 35.5. The van der Waals surface area contributed by atoms with Crippen LogP contribution in [-0.2, 0) is 4.79 Å². The maximum Gasteiger partial charge on any atom is 0.217 e. The second-order valence-corrected chi connectivity index (χ2v) is 4.62. The molecule has 0 fully saturated rings. The van der Waals surface area contributed by atoms with Gasteiger partial charge in [0, 0.05) is 13.1 Å². The highest BCUT2D eigenvalue weighted by Gasteiger charge is 2.17. The molecule has 0 saturated heterocycles. The lowest BCUT2D eigenvalue weighted by Gasteiger charge is -2.16. The molecule has 0 aliphatic carbocycles. The van der Waals surface area contributed by atoms with Gasteiger partial charge in [-0.25, -0.2) is 4.98 Å². The summed E-state index contributed by atoms with van der Waals surface area (Å²) in [6.07, 6.45) is 3.28. The molecule has 1 aromatic carbocycles. The van der Waals surface area contributed by atoms with E-state index in [4.69, 9.17) is 23.2 Å². The Balaban J connectivity index is 2.39. The van der Waals surface area contributed by atoms with Crippen LogP contribution in [0.2, 0.25) is 10.0 Å². The molecular weight excluding hydrogens is 273 g/mol. The van der Waals surface area contributed by atoms with Gasteiger partial charge in [-0.15, -0.1) is 0 Å². The van der Waals surface area contributed by atoms with E-state index in [0.29, 0.717) is 15.7 Å². The van der Waals surface area contributed by atoms with E-state index in [-0.39, 0.29) is 11.9 Å². The molecule has 2 rings (SSSR count). The van der Waals surface area contributed by atoms with E-state index < -0.39 is 0 Å². The molecule has 18 heavy (non-hydrogen) atoms. The molecule has 0 aliphatic rings. The summed E-state index contributed by atoms with van der Waals surface area (Å²) >= 11 is 11.9. The van der Waals surface area contributed by atoms with Crippen LogP contribution < -0.4 is 5.32 Å². The lowest BCUT2D eigenvalue weighted by atomic mass is 10.0. The predicted octanol–water partition coefficient (Wildman–Crippen LogP) is 2.94. The molecule has 0 aliphatic heterocycles. The number of hydrogen-bond acceptors (Lipinski definition) is 2. The number of nitrogens with one attached hydrogen (secondary N) is 2. The van der Waals surface area contributed by atoms with Crippen molar-refractivity contribution in [2.75, 3.05) is 0 Å². The van der Waals surface area contributed by atoms with Crippen LogP contribution in [0, 0.1) is 0 Å². The first-order valence-corrected chi connectivity index (χ1v) is 6.04. The Morgan fingerprint density at radius 2 is 2.17 bits per heavy atom. The van der Waals surface area contributed by atoms with Crippen molar-refractivity contribution in [3.8, 4) is 0 Å². The number of benzene rings is 1. The van der Waals surface area contributed by atoms with Gasteiger partial charge in [0.2, 0.25) is 5.91 Å². The number of imidazole rings is 1. The average molecular weight is 284 g/mol. The van der Waals surface area contributed by atoms with Crippen LogP contribution >= 0.6 is 23.2 Å². The van der Waals surface area contributed by atoms with Crippen LogP contribution in [0.25, 0.3) is 0 Å². The average Bonchev–Trinajstić information content (AvgIpc) is 2.83. The monoisotopic (exact) mass is 283 g/mol. The first kappa shape index (κ1) is 12.9. The fraction of sp³-hybridized carbons (Fsp3) is 0.167. The third-order valence-electron chi connectivity index (χ3n) is 2.44. The Morgan fingerprint density at radius 3 is 2.72 bits per heavy atom. The number of rotatable bonds is 3. The number of aromatic amines is 1. The molecule has 0 radical (unpaired) electrons. The van der Waals surface area contributed by atoms with E-state index in [1.807, 2.05) is 6.07 Å². The zero-order valence-corrected chi connectivity index (χ0v) is 11.1. The predicted molar refractivity (Wildman–Crippen MR) is 70.7 cm³/mol. The second kappa shape index (κ2) is 5.42. The lowest BCUT2D eigenvalue weighted by Crippen LogP contribution is -2.27. The fourth-order valence-electron chi connectivity index (χ4n) is 1.65. The van der Waals surface area contributed by atoms with Gasteiger partial charge in [0.25, 0.3) is 0 Å². The molecule has 4 nitrogen and oxygen atoms in total. The minimum absolute atomic E-state index is 0.144. The van der Waals surface area contributed by atoms with E-state index in [1.54, 1.807) is 24.7 Å². The van der Waals surface area contributed by atoms with Crippen LogP contribution in [0.4, 0.5) is 0 Å². The normalized spacial score (nSPS) is 12.2. The number of H-pyrrole nitrogens is 1. The number of nitrogens with zero attached hydrogens (tertiary/aromatic N) is 1. The number of halogens is 2. The third-order valence-corrected chi connectivity index (χ3v) is 3.18. The Bertz CT molecular complexity index is 554. The summed E-state index contributed by atoms with van der Waals surface area (Å²) < 4.78 is 0. The molecule has 1 heterocycles. The quantitative estimate of drug-likeness (QED) is 0.910. The molecule has 2 aromatic rings. The minimum Gasteiger partial charge on any atom is -0.351 e. The first-order valence-electron chi connectivity index (χ1n) is 5.28. The van der Waals surface area contributed by atoms with Crippen molar-refractivity contribution in [1.29, 1.82) is 0 Å². The summed E-state index contributed by atoms with van der Waals surface area (Å²) in [4.78, 5) is 18.3. The van der Waals surface area contributed by atoms with Crippen molar-refractivity contribution < 1.29 is 4.79 Å². The van der Waals surface area contributed by atoms with Gasteiger partial charge in [-0.2, -0.15) is 0 Å². The molecule has 94 valence electrons. The van der Waals surface area contributed by atoms with Gasteiger partial charge < -0.3 is 10.3 Å². The Hall–Kier alpha value is -1.52. The maximum absolute atomic E-state index is 11.3. The van der Waals surface area contributed by atoms with Crippen LogP contribution in [0.5, 0.6) is 0 Å². The van der Waals surface area contributed by atoms with Gasteiger partial charge >= 0.3 is 0 Å². The van der Waals surface area contributed by atoms with Crippen molar-refractivity contribution in [3.63, 3.8) is 0 Å². The second-order valence-electron chi connectivity index (χ2n) is 3.80. The topological polar surface area (TPSA) is 57.8 Å². The van der Waals surface area contributed by atoms with E-state index >= 15 is 0 Å². The molecule has 1 amide bonds. The zero-order chi connectivity index (χ0) is 13.1. The number of hydrogen-bond donors (Lipinski definition) is 2. The molecule has 0 bridgehead atoms. The van der Waals surface area contributed by atoms with E-state index in [0.717, 1.165) is 5.56 Å². The van der Waals surface area contributed by atoms with E-state index in [2.05, 4.69) is 15.3 Å². The first-order chi connectivity index (χ1) is 8.58. The van der Waals surface area contributed by atoms with Crippen molar-refractivity contribution in [3.05, 3.63) is 52.0 Å². The van der Waals surface area contributed by atoms with Crippen molar-refractivity contribution >= 4 is 29.1 Å². The largest absolute Gasteiger partial charge is 0.351 e. The van der Waals surface area contributed by atoms with E-state index in [1.165, 1.54) is 6.92 Å². The van der Waals surface area contributed by atoms with Crippen molar-refractivity contribution in [2.45, 2.75) is 13.0 Å². The summed E-state index contributed by atoms with van der Waals surface area (Å²) in [6.45, 7) is 1.46. The summed E-state index contributed by atoms with van der Waals surface area (Å²) in [5.74, 6) is -0.144. The SMILES string of the molecule is CC(=O)NC(c1ccc(Cl)c(Cl)c1)c1c[nH]cn1. The molecule has 0 saturated carbocycles. The van der Waals surface area contributed by atoms with Crippen LogP contribution in [0.1, 0.15) is 24.2 Å². The molecule has 2 N–H and O–H groups in total. The number of aromatic nitrogens is 2. The van der Waals surface area contributed by atoms with Gasteiger partial charge in [-0.3, -0.25) is 4.79 Å². The third kappa shape index (κ3) is 2.83. The highest BCUT2D eigenvalue weighted by molar-refractivity contribution is 6.42. The summed E-state index contributed by atoms with van der Waals surface area (Å²) in [5.41, 5.74) is 1.54. The van der Waals surface area contributed by atoms with Crippen LogP contribution in [-0.4, -0.2) is 15.9 Å². The molecule has 1 aromatic heterocycles. The standard InChI is InChI=1S/C12H11Cl2N3O/c1-7(18)17-12(11-5-15-6-16-11)8-2-3-9(13)10(14)4-8/h2-6,12H,1H3,(H,15,16)(H,17,18). The Morgan fingerprint density at radius 1 is 1.39 bits per heavy atom. The molecule has 6 heteroatoms. The van der Waals surface area contributed by atoms with Crippen LogP contribution in [0.3, 0.4) is 0 Å². The van der Waals surface area contributed by atoms with Gasteiger partial charge in [0.05, 0.1) is 28.1 Å². The summed E-state index contributed by atoms with van der Waals surface area (Å²) in [5, 5.41) is 3.74. The fourth-order valence-corrected chi connectivity index (χ4v) is 1.96. The zero-order valence-electron chi connectivity index (χ0n) is 9.58. The smallest absolute Gasteiger partial charge is 0.217 e. The van der Waals surface area contributed by atoms with Gasteiger partial charge in [-0.05, 0) is 17.7 Å². The molecule has 1 unspecified atom stereocenters. The Labute approximate surface area is 114 Å². The maximum atomic E-state index is 11.3. The van der Waals surface area contributed by atoms with Gasteiger partial charge in [-0.1, -0.05) is 29.3 Å². The van der Waals surface area contributed by atoms with E-state index in [9.17, 15) is 4.79 Å². The van der Waals surface area contributed by atoms with Crippen molar-refractivity contribution in [2.24, 2.45) is 0 Å². The van der Waals surface area contributed by atoms with Crippen molar-refractivity contribution in [1.82, 2.24) is 15.3 Å². The number of carbonyl (C=O) groups excluding carboxylic acids is 1. The minimum atomic E-state index is -0.344. The summed E-state index contributed by atoms with van der Waals surface area (Å²) in [7, 11) is 0.